The van der Waals surface area contributed by atoms with Crippen molar-refractivity contribution in [2.75, 3.05) is 0 Å². The zero-order valence-electron chi connectivity index (χ0n) is 39.3. The summed E-state index contributed by atoms with van der Waals surface area (Å²) in [5.41, 5.74) is -0.512. The van der Waals surface area contributed by atoms with Crippen molar-refractivity contribution in [3.8, 4) is 44.5 Å². The van der Waals surface area contributed by atoms with Crippen LogP contribution in [0.15, 0.2) is 174 Å². The largest absolute Gasteiger partial charge is 0.456 e. The summed E-state index contributed by atoms with van der Waals surface area (Å²) in [6.45, 7) is 0. The lowest BCUT2D eigenvalue weighted by Crippen LogP contribution is -1.92. The van der Waals surface area contributed by atoms with Gasteiger partial charge in [-0.3, -0.25) is 0 Å². The quantitative estimate of drug-likeness (QED) is 0.186. The maximum absolute atomic E-state index is 9.97. The van der Waals surface area contributed by atoms with Crippen molar-refractivity contribution in [3.63, 3.8) is 0 Å². The minimum atomic E-state index is -0.708. The Kier molecular flexibility index (Phi) is 3.28. The average molecular weight is 589 g/mol. The van der Waals surface area contributed by atoms with Crippen LogP contribution in [0.4, 0.5) is 0 Å². The molecular weight excluding hydrogens is 544 g/mol. The third-order valence-electron chi connectivity index (χ3n) is 7.89. The van der Waals surface area contributed by atoms with E-state index in [4.69, 9.17) is 20.9 Å². The number of fused-ring (bicyclic) bond motifs is 5. The number of hydrogen-bond acceptors (Lipinski definition) is 1. The molecule has 0 N–H and O–H groups in total. The Bertz CT molecular complexity index is 3310. The molecule has 1 nitrogen and oxygen atoms in total. The molecule has 8 aromatic carbocycles. The molecule has 0 fully saturated rings. The van der Waals surface area contributed by atoms with Crippen LogP contribution in [0, 0.1) is 0 Å². The van der Waals surface area contributed by atoms with Gasteiger partial charge in [-0.05, 0) is 84.2 Å². The van der Waals surface area contributed by atoms with Crippen LogP contribution in [0.5, 0.6) is 0 Å². The van der Waals surface area contributed by atoms with Crippen LogP contribution in [-0.2, 0) is 0 Å². The fourth-order valence-electron chi connectivity index (χ4n) is 5.97. The predicted molar refractivity (Wildman–Crippen MR) is 190 cm³/mol. The molecule has 0 atom stereocenters. The first kappa shape index (κ1) is 14.2. The molecule has 0 saturated heterocycles. The highest BCUT2D eigenvalue weighted by Crippen LogP contribution is 2.48. The van der Waals surface area contributed by atoms with Gasteiger partial charge in [0, 0.05) is 10.8 Å². The monoisotopic (exact) mass is 588 g/mol. The van der Waals surface area contributed by atoms with E-state index in [9.17, 15) is 5.48 Å². The van der Waals surface area contributed by atoms with Gasteiger partial charge in [0.25, 0.3) is 0 Å². The van der Waals surface area contributed by atoms with Crippen LogP contribution in [0.3, 0.4) is 0 Å². The summed E-state index contributed by atoms with van der Waals surface area (Å²) in [6.07, 6.45) is 0. The normalized spacial score (nSPS) is 16.5. The van der Waals surface area contributed by atoms with Gasteiger partial charge in [-0.15, -0.1) is 0 Å². The fourth-order valence-corrected chi connectivity index (χ4v) is 5.97. The number of benzene rings is 8. The molecule has 0 spiro atoms. The first-order valence-corrected chi connectivity index (χ1v) is 14.1. The summed E-state index contributed by atoms with van der Waals surface area (Å²) < 4.78 is 148. The highest BCUT2D eigenvalue weighted by Gasteiger charge is 2.21. The van der Waals surface area contributed by atoms with Crippen LogP contribution in [-0.4, -0.2) is 0 Å². The van der Waals surface area contributed by atoms with Crippen molar-refractivity contribution >= 4 is 43.5 Å². The Balaban J connectivity index is 1.51. The van der Waals surface area contributed by atoms with Crippen LogP contribution >= 0.6 is 0 Å². The topological polar surface area (TPSA) is 13.1 Å². The van der Waals surface area contributed by atoms with Gasteiger partial charge in [-0.1, -0.05) is 151 Å². The van der Waals surface area contributed by atoms with E-state index in [0.29, 0.717) is 32.7 Å². The Hall–Kier alpha value is -5.92. The van der Waals surface area contributed by atoms with E-state index in [1.165, 1.54) is 12.1 Å². The maximum Gasteiger partial charge on any atom is 0.136 e. The Labute approximate surface area is 284 Å². The summed E-state index contributed by atoms with van der Waals surface area (Å²) in [4.78, 5) is 0. The molecule has 0 aliphatic carbocycles. The zero-order chi connectivity index (χ0) is 43.7. The van der Waals surface area contributed by atoms with Gasteiger partial charge < -0.3 is 4.42 Å². The number of hydrogen-bond donors (Lipinski definition) is 0. The molecule has 0 amide bonds. The van der Waals surface area contributed by atoms with E-state index < -0.39 is 77.6 Å². The van der Waals surface area contributed by atoms with E-state index in [-0.39, 0.29) is 74.4 Å². The molecule has 0 saturated carbocycles. The molecule has 0 aliphatic heterocycles. The van der Waals surface area contributed by atoms with Crippen LogP contribution in [0.2, 0.25) is 0 Å². The first-order chi connectivity index (χ1) is 29.0. The van der Waals surface area contributed by atoms with Gasteiger partial charge in [0.1, 0.15) is 11.2 Å². The Morgan fingerprint density at radius 3 is 1.64 bits per heavy atom. The van der Waals surface area contributed by atoms with E-state index in [1.807, 2.05) is 0 Å². The van der Waals surface area contributed by atoms with Crippen molar-refractivity contribution in [1.82, 2.24) is 0 Å². The van der Waals surface area contributed by atoms with Crippen molar-refractivity contribution < 1.29 is 26.3 Å². The first-order valence-electron chi connectivity index (χ1n) is 22.1. The molecule has 0 radical (unpaired) electrons. The lowest BCUT2D eigenvalue weighted by atomic mass is 9.84. The highest BCUT2D eigenvalue weighted by molar-refractivity contribution is 6.26. The van der Waals surface area contributed by atoms with Gasteiger partial charge in [0.15, 0.2) is 0 Å². The number of furan rings is 1. The molecule has 9 rings (SSSR count). The summed E-state index contributed by atoms with van der Waals surface area (Å²) in [6, 6.07) is 11.8. The molecule has 45 heavy (non-hydrogen) atoms. The third-order valence-corrected chi connectivity index (χ3v) is 7.89. The molecule has 0 aliphatic rings. The standard InChI is InChI=1S/C44H28O/c1-3-13-29(14-4-1)31-23-25-32(26-24-31)42-34-17-7-9-19-36(34)43(37-20-10-8-18-35(37)42)39-27-33(30-15-5-2-6-16-30)28-41-44(39)38-21-11-12-22-40(38)45-41/h1-28H/i1D,2D,5D,6D,11D,12D,15D,16D,21D,22D,23D,24D,25D,26D,27D,28D. The van der Waals surface area contributed by atoms with Crippen LogP contribution in [0.25, 0.3) is 88.0 Å². The third kappa shape index (κ3) is 4.17. The molecule has 0 bridgehead atoms. The predicted octanol–water partition coefficient (Wildman–Crippen LogP) is 12.6. The molecule has 1 aromatic heterocycles. The van der Waals surface area contributed by atoms with Crippen molar-refractivity contribution in [1.29, 1.82) is 0 Å². The van der Waals surface area contributed by atoms with Crippen LogP contribution in [0.1, 0.15) is 21.9 Å². The second-order valence-corrected chi connectivity index (χ2v) is 10.4. The average Bonchev–Trinajstić information content (AvgIpc) is 3.66. The minimum Gasteiger partial charge on any atom is -0.456 e. The van der Waals surface area contributed by atoms with Gasteiger partial charge in [-0.25, -0.2) is 0 Å². The Morgan fingerprint density at radius 1 is 0.378 bits per heavy atom. The van der Waals surface area contributed by atoms with E-state index in [0.717, 1.165) is 0 Å². The van der Waals surface area contributed by atoms with Gasteiger partial charge in [-0.2, -0.15) is 0 Å². The summed E-state index contributed by atoms with van der Waals surface area (Å²) in [5, 5.41) is 1.39. The summed E-state index contributed by atoms with van der Waals surface area (Å²) in [5.74, 6) is 0. The Morgan fingerprint density at radius 2 is 0.956 bits per heavy atom. The number of rotatable bonds is 4. The smallest absolute Gasteiger partial charge is 0.136 e. The second kappa shape index (κ2) is 10.4. The van der Waals surface area contributed by atoms with Gasteiger partial charge in [0.05, 0.1) is 21.9 Å². The molecule has 1 heterocycles. The van der Waals surface area contributed by atoms with Crippen molar-refractivity contribution in [3.05, 3.63) is 169 Å². The molecular formula is C44H28O. The highest BCUT2D eigenvalue weighted by atomic mass is 16.3. The lowest BCUT2D eigenvalue weighted by Gasteiger charge is -2.19. The number of para-hydroxylation sites is 1. The second-order valence-electron chi connectivity index (χ2n) is 10.4. The van der Waals surface area contributed by atoms with Crippen molar-refractivity contribution in [2.45, 2.75) is 0 Å². The summed E-state index contributed by atoms with van der Waals surface area (Å²) in [7, 11) is 0. The van der Waals surface area contributed by atoms with Crippen LogP contribution < -0.4 is 0 Å². The zero-order valence-corrected chi connectivity index (χ0v) is 23.3. The molecule has 1 heteroatoms. The van der Waals surface area contributed by atoms with Crippen molar-refractivity contribution in [2.24, 2.45) is 0 Å². The van der Waals surface area contributed by atoms with E-state index in [2.05, 4.69) is 0 Å². The van der Waals surface area contributed by atoms with E-state index in [1.54, 1.807) is 60.7 Å². The molecule has 0 unspecified atom stereocenters. The maximum atomic E-state index is 9.97. The molecule has 210 valence electrons. The molecule has 9 aromatic rings. The minimum absolute atomic E-state index is 0.0183. The SMILES string of the molecule is [2H]c1ccc(-c2c([2H])c([2H])c(-c3c4ccccc4c(-c4c([2H])c(-c5c([2H])c([2H])c([2H])c([2H])c5[2H])c([2H])c5oc6c([2H])c([2H])c([2H])c([2H])c6c45)c4ccccc34)c([2H])c2[2H])cc1. The fraction of sp³-hybridized carbons (Fsp3) is 0. The van der Waals surface area contributed by atoms with Gasteiger partial charge in [0.2, 0.25) is 0 Å². The lowest BCUT2D eigenvalue weighted by molar-refractivity contribution is 0.669. The van der Waals surface area contributed by atoms with E-state index >= 15 is 0 Å². The summed E-state index contributed by atoms with van der Waals surface area (Å²) >= 11 is 0. The van der Waals surface area contributed by atoms with Gasteiger partial charge >= 0.3 is 0 Å².